The first kappa shape index (κ1) is 13.3. The molecule has 1 atom stereocenters. The quantitative estimate of drug-likeness (QED) is 0.733. The Kier molecular flexibility index (Phi) is 6.24. The van der Waals surface area contributed by atoms with E-state index in [0.717, 1.165) is 30.4 Å². The predicted molar refractivity (Wildman–Crippen MR) is 71.2 cm³/mol. The van der Waals surface area contributed by atoms with Crippen molar-refractivity contribution < 1.29 is 0 Å². The Labute approximate surface area is 103 Å². The summed E-state index contributed by atoms with van der Waals surface area (Å²) >= 11 is 5.80. The van der Waals surface area contributed by atoms with Gasteiger partial charge in [0.05, 0.1) is 0 Å². The topological polar surface area (TPSA) is 24.9 Å². The number of rotatable bonds is 7. The van der Waals surface area contributed by atoms with Crippen molar-refractivity contribution in [2.45, 2.75) is 33.1 Å². The largest absolute Gasteiger partial charge is 0.370 e. The van der Waals surface area contributed by atoms with Crippen LogP contribution in [0.2, 0.25) is 0 Å². The molecule has 0 saturated heterocycles. The summed E-state index contributed by atoms with van der Waals surface area (Å²) in [7, 11) is 0. The summed E-state index contributed by atoms with van der Waals surface area (Å²) in [6.45, 7) is 5.19. The number of halogens is 1. The van der Waals surface area contributed by atoms with Gasteiger partial charge in [0.1, 0.15) is 5.82 Å². The lowest BCUT2D eigenvalue weighted by molar-refractivity contribution is 0.489. The van der Waals surface area contributed by atoms with Crippen LogP contribution in [-0.4, -0.2) is 17.4 Å². The molecule has 0 bridgehead atoms. The standard InChI is InChI=1S/C13H21ClN2/c1-3-5-12(8-9-14)10-15-13-7-4-6-11(2)16-13/h4,6-7,12H,3,5,8-10H2,1-2H3,(H,15,16). The Morgan fingerprint density at radius 2 is 2.19 bits per heavy atom. The van der Waals surface area contributed by atoms with E-state index in [0.29, 0.717) is 5.92 Å². The van der Waals surface area contributed by atoms with Gasteiger partial charge in [0.25, 0.3) is 0 Å². The monoisotopic (exact) mass is 240 g/mol. The molecule has 0 aliphatic carbocycles. The molecule has 0 fully saturated rings. The smallest absolute Gasteiger partial charge is 0.126 e. The SMILES string of the molecule is CCCC(CCCl)CNc1cccc(C)n1. The van der Waals surface area contributed by atoms with E-state index >= 15 is 0 Å². The van der Waals surface area contributed by atoms with E-state index in [1.54, 1.807) is 0 Å². The number of aryl methyl sites for hydroxylation is 1. The van der Waals surface area contributed by atoms with E-state index in [2.05, 4.69) is 17.2 Å². The highest BCUT2D eigenvalue weighted by Gasteiger charge is 2.06. The van der Waals surface area contributed by atoms with E-state index < -0.39 is 0 Å². The Morgan fingerprint density at radius 1 is 1.38 bits per heavy atom. The molecule has 1 aromatic rings. The molecular weight excluding hydrogens is 220 g/mol. The molecule has 2 nitrogen and oxygen atoms in total. The minimum Gasteiger partial charge on any atom is -0.370 e. The molecule has 0 radical (unpaired) electrons. The van der Waals surface area contributed by atoms with Crippen LogP contribution in [0.5, 0.6) is 0 Å². The summed E-state index contributed by atoms with van der Waals surface area (Å²) in [5.74, 6) is 2.37. The predicted octanol–water partition coefficient (Wildman–Crippen LogP) is 3.85. The number of hydrogen-bond acceptors (Lipinski definition) is 2. The maximum Gasteiger partial charge on any atom is 0.126 e. The number of nitrogens with zero attached hydrogens (tertiary/aromatic N) is 1. The van der Waals surface area contributed by atoms with Gasteiger partial charge in [-0.1, -0.05) is 19.4 Å². The van der Waals surface area contributed by atoms with Crippen LogP contribution in [0.3, 0.4) is 0 Å². The third-order valence-electron chi connectivity index (χ3n) is 2.67. The van der Waals surface area contributed by atoms with Crippen LogP contribution in [0.25, 0.3) is 0 Å². The summed E-state index contributed by atoms with van der Waals surface area (Å²) in [6, 6.07) is 6.05. The van der Waals surface area contributed by atoms with E-state index in [-0.39, 0.29) is 0 Å². The first-order valence-electron chi connectivity index (χ1n) is 5.99. The van der Waals surface area contributed by atoms with Crippen molar-refractivity contribution in [3.05, 3.63) is 23.9 Å². The number of nitrogens with one attached hydrogen (secondary N) is 1. The highest BCUT2D eigenvalue weighted by molar-refractivity contribution is 6.17. The van der Waals surface area contributed by atoms with Crippen LogP contribution in [0.15, 0.2) is 18.2 Å². The van der Waals surface area contributed by atoms with Gasteiger partial charge in [-0.25, -0.2) is 4.98 Å². The molecule has 0 saturated carbocycles. The maximum absolute atomic E-state index is 5.80. The molecule has 1 N–H and O–H groups in total. The van der Waals surface area contributed by atoms with Crippen molar-refractivity contribution in [3.8, 4) is 0 Å². The van der Waals surface area contributed by atoms with E-state index in [1.807, 2.05) is 25.1 Å². The van der Waals surface area contributed by atoms with Gasteiger partial charge in [0.15, 0.2) is 0 Å². The molecule has 1 heterocycles. The Balaban J connectivity index is 2.41. The Hall–Kier alpha value is -0.760. The lowest BCUT2D eigenvalue weighted by Gasteiger charge is -2.16. The average molecular weight is 241 g/mol. The van der Waals surface area contributed by atoms with Gasteiger partial charge in [0, 0.05) is 18.1 Å². The van der Waals surface area contributed by atoms with Gasteiger partial charge in [-0.2, -0.15) is 0 Å². The van der Waals surface area contributed by atoms with Crippen LogP contribution < -0.4 is 5.32 Å². The molecule has 0 aromatic carbocycles. The molecule has 16 heavy (non-hydrogen) atoms. The molecule has 1 rings (SSSR count). The molecule has 0 spiro atoms. The zero-order valence-electron chi connectivity index (χ0n) is 10.2. The number of anilines is 1. The zero-order chi connectivity index (χ0) is 11.8. The molecule has 1 aromatic heterocycles. The summed E-state index contributed by atoms with van der Waals surface area (Å²) in [4.78, 5) is 4.42. The molecule has 1 unspecified atom stereocenters. The number of pyridine rings is 1. The highest BCUT2D eigenvalue weighted by atomic mass is 35.5. The molecule has 90 valence electrons. The van der Waals surface area contributed by atoms with Gasteiger partial charge in [-0.3, -0.25) is 0 Å². The van der Waals surface area contributed by atoms with Crippen LogP contribution >= 0.6 is 11.6 Å². The maximum atomic E-state index is 5.80. The lowest BCUT2D eigenvalue weighted by atomic mass is 10.0. The van der Waals surface area contributed by atoms with Crippen molar-refractivity contribution in [2.24, 2.45) is 5.92 Å². The normalized spacial score (nSPS) is 12.4. The fourth-order valence-corrected chi connectivity index (χ4v) is 2.11. The van der Waals surface area contributed by atoms with Crippen LogP contribution in [0.4, 0.5) is 5.82 Å². The fourth-order valence-electron chi connectivity index (χ4n) is 1.80. The van der Waals surface area contributed by atoms with Crippen molar-refractivity contribution in [2.75, 3.05) is 17.7 Å². The van der Waals surface area contributed by atoms with Crippen molar-refractivity contribution >= 4 is 17.4 Å². The second kappa shape index (κ2) is 7.50. The van der Waals surface area contributed by atoms with Gasteiger partial charge in [-0.05, 0) is 37.8 Å². The zero-order valence-corrected chi connectivity index (χ0v) is 10.9. The second-order valence-corrected chi connectivity index (χ2v) is 4.56. The Morgan fingerprint density at radius 3 is 2.81 bits per heavy atom. The van der Waals surface area contributed by atoms with E-state index in [4.69, 9.17) is 11.6 Å². The van der Waals surface area contributed by atoms with Gasteiger partial charge < -0.3 is 5.32 Å². The first-order valence-corrected chi connectivity index (χ1v) is 6.53. The highest BCUT2D eigenvalue weighted by Crippen LogP contribution is 2.13. The fraction of sp³-hybridized carbons (Fsp3) is 0.615. The van der Waals surface area contributed by atoms with Gasteiger partial charge in [0.2, 0.25) is 0 Å². The molecule has 0 aliphatic heterocycles. The van der Waals surface area contributed by atoms with Crippen LogP contribution in [0, 0.1) is 12.8 Å². The first-order chi connectivity index (χ1) is 7.76. The third-order valence-corrected chi connectivity index (χ3v) is 2.89. The summed E-state index contributed by atoms with van der Waals surface area (Å²) in [5, 5.41) is 3.39. The van der Waals surface area contributed by atoms with E-state index in [9.17, 15) is 0 Å². The van der Waals surface area contributed by atoms with Crippen molar-refractivity contribution in [1.29, 1.82) is 0 Å². The van der Waals surface area contributed by atoms with Crippen LogP contribution in [-0.2, 0) is 0 Å². The summed E-state index contributed by atoms with van der Waals surface area (Å²) in [5.41, 5.74) is 1.05. The average Bonchev–Trinajstić information content (AvgIpc) is 2.27. The Bertz CT molecular complexity index is 296. The number of hydrogen-bond donors (Lipinski definition) is 1. The van der Waals surface area contributed by atoms with Crippen molar-refractivity contribution in [1.82, 2.24) is 4.98 Å². The number of alkyl halides is 1. The lowest BCUT2D eigenvalue weighted by Crippen LogP contribution is -2.15. The van der Waals surface area contributed by atoms with Crippen molar-refractivity contribution in [3.63, 3.8) is 0 Å². The molecular formula is C13H21ClN2. The number of aromatic nitrogens is 1. The second-order valence-electron chi connectivity index (χ2n) is 4.18. The van der Waals surface area contributed by atoms with Crippen LogP contribution in [0.1, 0.15) is 31.9 Å². The molecule has 0 amide bonds. The van der Waals surface area contributed by atoms with Gasteiger partial charge in [-0.15, -0.1) is 11.6 Å². The minimum absolute atomic E-state index is 0.657. The molecule has 3 heteroatoms. The summed E-state index contributed by atoms with van der Waals surface area (Å²) in [6.07, 6.45) is 3.52. The van der Waals surface area contributed by atoms with E-state index in [1.165, 1.54) is 12.8 Å². The molecule has 0 aliphatic rings. The minimum atomic E-state index is 0.657. The van der Waals surface area contributed by atoms with Gasteiger partial charge >= 0.3 is 0 Å². The summed E-state index contributed by atoms with van der Waals surface area (Å²) < 4.78 is 0. The third kappa shape index (κ3) is 4.84.